The van der Waals surface area contributed by atoms with E-state index < -0.39 is 5.60 Å². The average molecular weight is 228 g/mol. The molecule has 1 aliphatic rings. The molecule has 0 bridgehead atoms. The molecule has 0 spiro atoms. The lowest BCUT2D eigenvalue weighted by Gasteiger charge is -2.28. The van der Waals surface area contributed by atoms with Crippen LogP contribution in [0.2, 0.25) is 0 Å². The van der Waals surface area contributed by atoms with E-state index in [0.29, 0.717) is 12.6 Å². The van der Waals surface area contributed by atoms with Crippen LogP contribution in [0.15, 0.2) is 0 Å². The zero-order valence-electron chi connectivity index (χ0n) is 10.7. The van der Waals surface area contributed by atoms with Crippen LogP contribution in [0.1, 0.15) is 46.5 Å². The zero-order chi connectivity index (χ0) is 12.2. The van der Waals surface area contributed by atoms with Gasteiger partial charge in [-0.1, -0.05) is 0 Å². The summed E-state index contributed by atoms with van der Waals surface area (Å²) in [4.78, 5) is 13.8. The van der Waals surface area contributed by atoms with Crippen LogP contribution < -0.4 is 5.73 Å². The minimum atomic E-state index is -0.405. The van der Waals surface area contributed by atoms with Gasteiger partial charge >= 0.3 is 6.09 Å². The number of carbonyl (C=O) groups is 1. The number of carbonyl (C=O) groups excluding carboxylic acids is 1. The highest BCUT2D eigenvalue weighted by Gasteiger charge is 2.31. The molecule has 1 fully saturated rings. The van der Waals surface area contributed by atoms with Gasteiger partial charge in [-0.05, 0) is 53.0 Å². The van der Waals surface area contributed by atoms with Gasteiger partial charge in [0.15, 0.2) is 0 Å². The maximum atomic E-state index is 11.9. The molecule has 0 aliphatic carbocycles. The second kappa shape index (κ2) is 5.53. The van der Waals surface area contributed by atoms with Crippen LogP contribution in [0.5, 0.6) is 0 Å². The van der Waals surface area contributed by atoms with Crippen LogP contribution in [0, 0.1) is 0 Å². The molecule has 4 nitrogen and oxygen atoms in total. The number of rotatable bonds is 3. The first-order chi connectivity index (χ1) is 7.44. The largest absolute Gasteiger partial charge is 0.444 e. The Labute approximate surface area is 98.1 Å². The molecule has 4 heteroatoms. The van der Waals surface area contributed by atoms with Gasteiger partial charge in [-0.25, -0.2) is 4.79 Å². The summed E-state index contributed by atoms with van der Waals surface area (Å²) in [6.45, 7) is 7.21. The second-order valence-corrected chi connectivity index (χ2v) is 5.40. The Bertz CT molecular complexity index is 236. The van der Waals surface area contributed by atoms with Crippen LogP contribution in [0.3, 0.4) is 0 Å². The molecule has 94 valence electrons. The molecule has 2 N–H and O–H groups in total. The van der Waals surface area contributed by atoms with Crippen LogP contribution in [-0.4, -0.2) is 35.7 Å². The Hall–Kier alpha value is -0.770. The summed E-state index contributed by atoms with van der Waals surface area (Å²) in [6.07, 6.45) is 3.96. The molecular weight excluding hydrogens is 204 g/mol. The number of amides is 1. The number of likely N-dealkylation sites (tertiary alicyclic amines) is 1. The minimum Gasteiger partial charge on any atom is -0.444 e. The van der Waals surface area contributed by atoms with E-state index in [-0.39, 0.29) is 6.09 Å². The van der Waals surface area contributed by atoms with E-state index in [1.807, 2.05) is 25.7 Å². The molecule has 1 saturated heterocycles. The third-order valence-electron chi connectivity index (χ3n) is 2.75. The average Bonchev–Trinajstić information content (AvgIpc) is 2.59. The lowest BCUT2D eigenvalue weighted by atomic mass is 10.1. The SMILES string of the molecule is CC(C)(C)OC(=O)N1CCCC1CCCN. The predicted molar refractivity (Wildman–Crippen MR) is 64.3 cm³/mol. The van der Waals surface area contributed by atoms with Gasteiger partial charge < -0.3 is 15.4 Å². The van der Waals surface area contributed by atoms with Crippen molar-refractivity contribution >= 4 is 6.09 Å². The molecule has 0 aromatic heterocycles. The number of ether oxygens (including phenoxy) is 1. The first kappa shape index (κ1) is 13.3. The van der Waals surface area contributed by atoms with Crippen molar-refractivity contribution in [1.29, 1.82) is 0 Å². The van der Waals surface area contributed by atoms with E-state index in [4.69, 9.17) is 10.5 Å². The van der Waals surface area contributed by atoms with Crippen LogP contribution in [-0.2, 0) is 4.74 Å². The second-order valence-electron chi connectivity index (χ2n) is 5.40. The topological polar surface area (TPSA) is 55.6 Å². The molecule has 1 heterocycles. The maximum Gasteiger partial charge on any atom is 0.410 e. The van der Waals surface area contributed by atoms with Crippen molar-refractivity contribution in [2.75, 3.05) is 13.1 Å². The molecule has 1 rings (SSSR count). The summed E-state index contributed by atoms with van der Waals surface area (Å²) in [5.41, 5.74) is 5.09. The first-order valence-corrected chi connectivity index (χ1v) is 6.14. The number of nitrogens with zero attached hydrogens (tertiary/aromatic N) is 1. The standard InChI is InChI=1S/C12H24N2O2/c1-12(2,3)16-11(15)14-9-5-7-10(14)6-4-8-13/h10H,4-9,13H2,1-3H3. The van der Waals surface area contributed by atoms with Crippen molar-refractivity contribution in [2.45, 2.75) is 58.1 Å². The molecule has 1 unspecified atom stereocenters. The van der Waals surface area contributed by atoms with E-state index in [9.17, 15) is 4.79 Å². The lowest BCUT2D eigenvalue weighted by molar-refractivity contribution is 0.0219. The third kappa shape index (κ3) is 4.00. The van der Waals surface area contributed by atoms with Gasteiger partial charge in [0, 0.05) is 12.6 Å². The summed E-state index contributed by atoms with van der Waals surface area (Å²) in [6, 6.07) is 0.332. The monoisotopic (exact) mass is 228 g/mol. The van der Waals surface area contributed by atoms with Gasteiger partial charge in [0.25, 0.3) is 0 Å². The molecule has 16 heavy (non-hydrogen) atoms. The Morgan fingerprint density at radius 3 is 2.75 bits per heavy atom. The number of nitrogens with two attached hydrogens (primary N) is 1. The van der Waals surface area contributed by atoms with E-state index in [0.717, 1.165) is 32.2 Å². The highest BCUT2D eigenvalue weighted by molar-refractivity contribution is 5.68. The van der Waals surface area contributed by atoms with Crippen LogP contribution >= 0.6 is 0 Å². The van der Waals surface area contributed by atoms with Crippen molar-refractivity contribution in [2.24, 2.45) is 5.73 Å². The summed E-state index contributed by atoms with van der Waals surface area (Å²) in [5.74, 6) is 0. The third-order valence-corrected chi connectivity index (χ3v) is 2.75. The van der Waals surface area contributed by atoms with Crippen molar-refractivity contribution in [1.82, 2.24) is 4.90 Å². The van der Waals surface area contributed by atoms with Gasteiger partial charge in [-0.15, -0.1) is 0 Å². The molecule has 0 saturated carbocycles. The van der Waals surface area contributed by atoms with Crippen LogP contribution in [0.25, 0.3) is 0 Å². The Morgan fingerprint density at radius 2 is 2.19 bits per heavy atom. The van der Waals surface area contributed by atoms with Gasteiger partial charge in [-0.3, -0.25) is 0 Å². The lowest BCUT2D eigenvalue weighted by Crippen LogP contribution is -2.39. The molecule has 0 aromatic rings. The summed E-state index contributed by atoms with van der Waals surface area (Å²) < 4.78 is 5.39. The fourth-order valence-electron chi connectivity index (χ4n) is 2.05. The fraction of sp³-hybridized carbons (Fsp3) is 0.917. The van der Waals surface area contributed by atoms with Crippen LogP contribution in [0.4, 0.5) is 4.79 Å². The highest BCUT2D eigenvalue weighted by Crippen LogP contribution is 2.23. The van der Waals surface area contributed by atoms with Gasteiger partial charge in [0.05, 0.1) is 0 Å². The van der Waals surface area contributed by atoms with Gasteiger partial charge in [0.1, 0.15) is 5.60 Å². The van der Waals surface area contributed by atoms with Crippen molar-refractivity contribution in [3.8, 4) is 0 Å². The van der Waals surface area contributed by atoms with Crippen molar-refractivity contribution < 1.29 is 9.53 Å². The van der Waals surface area contributed by atoms with Crippen molar-refractivity contribution in [3.63, 3.8) is 0 Å². The summed E-state index contributed by atoms with van der Waals surface area (Å²) >= 11 is 0. The van der Waals surface area contributed by atoms with Gasteiger partial charge in [-0.2, -0.15) is 0 Å². The predicted octanol–water partition coefficient (Wildman–Crippen LogP) is 2.12. The van der Waals surface area contributed by atoms with E-state index in [1.165, 1.54) is 0 Å². The smallest absolute Gasteiger partial charge is 0.410 e. The van der Waals surface area contributed by atoms with E-state index in [1.54, 1.807) is 0 Å². The molecule has 0 radical (unpaired) electrons. The maximum absolute atomic E-state index is 11.9. The molecule has 1 atom stereocenters. The normalized spacial score (nSPS) is 21.2. The fourth-order valence-corrected chi connectivity index (χ4v) is 2.05. The minimum absolute atomic E-state index is 0.174. The summed E-state index contributed by atoms with van der Waals surface area (Å²) in [7, 11) is 0. The van der Waals surface area contributed by atoms with Crippen molar-refractivity contribution in [3.05, 3.63) is 0 Å². The Balaban J connectivity index is 2.47. The quantitative estimate of drug-likeness (QED) is 0.805. The number of hydrogen-bond donors (Lipinski definition) is 1. The Kier molecular flexibility index (Phi) is 4.59. The summed E-state index contributed by atoms with van der Waals surface area (Å²) in [5, 5.41) is 0. The first-order valence-electron chi connectivity index (χ1n) is 6.14. The highest BCUT2D eigenvalue weighted by atomic mass is 16.6. The zero-order valence-corrected chi connectivity index (χ0v) is 10.7. The molecule has 1 amide bonds. The van der Waals surface area contributed by atoms with E-state index >= 15 is 0 Å². The Morgan fingerprint density at radius 1 is 1.50 bits per heavy atom. The van der Waals surface area contributed by atoms with Gasteiger partial charge in [0.2, 0.25) is 0 Å². The van der Waals surface area contributed by atoms with E-state index in [2.05, 4.69) is 0 Å². The number of hydrogen-bond acceptors (Lipinski definition) is 3. The molecular formula is C12H24N2O2. The molecule has 0 aromatic carbocycles. The molecule has 1 aliphatic heterocycles.